The molecule has 1 aliphatic rings. The summed E-state index contributed by atoms with van der Waals surface area (Å²) < 4.78 is 0. The second-order valence-electron chi connectivity index (χ2n) is 7.46. The van der Waals surface area contributed by atoms with Crippen molar-refractivity contribution in [3.05, 3.63) is 120 Å². The Kier molecular flexibility index (Phi) is 19.2. The van der Waals surface area contributed by atoms with E-state index < -0.39 is 0 Å². The smallest absolute Gasteiger partial charge is 0 e. The maximum absolute atomic E-state index is 3.15. The van der Waals surface area contributed by atoms with Gasteiger partial charge < -0.3 is 0 Å². The summed E-state index contributed by atoms with van der Waals surface area (Å²) >= 11 is 0. The first-order valence-corrected chi connectivity index (χ1v) is 12.3. The van der Waals surface area contributed by atoms with E-state index in [1.807, 2.05) is 62.4 Å². The van der Waals surface area contributed by atoms with E-state index in [-0.39, 0.29) is 32.7 Å². The topological polar surface area (TPSA) is 0 Å². The minimum atomic E-state index is 0. The van der Waals surface area contributed by atoms with Crippen molar-refractivity contribution in [2.24, 2.45) is 0 Å². The standard InChI is InChI=1S/C13H10.C12H8.2C3H8.C2H6.Y/c1-3-7-12-10(5-1)9-11-6-2-4-8-13(11)12;1-3-7-11(8-4-1)12-9-5-2-6-10-12;2*1-3-2;1-2;/h1-8H,9H2;1-7,9H;2*3H2,1-2H3;1-2H3;/q;-2;;;;. The molecule has 5 rings (SSSR count). The third kappa shape index (κ3) is 10.9. The van der Waals surface area contributed by atoms with Gasteiger partial charge in [0, 0.05) is 32.7 Å². The van der Waals surface area contributed by atoms with Gasteiger partial charge in [-0.05, 0) is 28.7 Å². The number of fused-ring (bicyclic) bond motifs is 3. The second kappa shape index (κ2) is 20.4. The number of hydrogen-bond acceptors (Lipinski definition) is 0. The molecule has 0 unspecified atom stereocenters. The monoisotopic (exact) mass is 525 g/mol. The van der Waals surface area contributed by atoms with Crippen LogP contribution < -0.4 is 0 Å². The number of benzene rings is 4. The fourth-order valence-corrected chi connectivity index (χ4v) is 3.20. The fourth-order valence-electron chi connectivity index (χ4n) is 3.20. The van der Waals surface area contributed by atoms with E-state index in [0.29, 0.717) is 0 Å². The van der Waals surface area contributed by atoms with Crippen molar-refractivity contribution in [2.45, 2.75) is 60.8 Å². The Morgan fingerprint density at radius 3 is 1.18 bits per heavy atom. The quantitative estimate of drug-likeness (QED) is 0.191. The van der Waals surface area contributed by atoms with Crippen LogP contribution in [0.2, 0.25) is 0 Å². The van der Waals surface area contributed by atoms with Crippen molar-refractivity contribution in [2.75, 3.05) is 0 Å². The number of rotatable bonds is 1. The zero-order chi connectivity index (χ0) is 24.3. The Morgan fingerprint density at radius 1 is 0.529 bits per heavy atom. The van der Waals surface area contributed by atoms with E-state index >= 15 is 0 Å². The van der Waals surface area contributed by atoms with Crippen molar-refractivity contribution in [3.63, 3.8) is 0 Å². The Morgan fingerprint density at radius 2 is 0.853 bits per heavy atom. The summed E-state index contributed by atoms with van der Waals surface area (Å²) in [6.45, 7) is 12.5. The van der Waals surface area contributed by atoms with Gasteiger partial charge in [0.2, 0.25) is 0 Å². The van der Waals surface area contributed by atoms with Gasteiger partial charge in [0.1, 0.15) is 0 Å². The van der Waals surface area contributed by atoms with E-state index in [4.69, 9.17) is 0 Å². The molecule has 0 fully saturated rings. The van der Waals surface area contributed by atoms with Crippen LogP contribution in [0.1, 0.15) is 65.5 Å². The predicted molar refractivity (Wildman–Crippen MR) is 148 cm³/mol. The van der Waals surface area contributed by atoms with Gasteiger partial charge in [0.05, 0.1) is 0 Å². The SMILES string of the molecule is CC.CCC.CCC.[Y].[c-]1ccccc1-c1[c-]cccc1.c1ccc2c(c1)Cc1ccccc1-2. The zero-order valence-corrected chi connectivity index (χ0v) is 24.8. The van der Waals surface area contributed by atoms with Gasteiger partial charge >= 0.3 is 0 Å². The van der Waals surface area contributed by atoms with Crippen molar-refractivity contribution < 1.29 is 32.7 Å². The Hall–Kier alpha value is -2.02. The van der Waals surface area contributed by atoms with Crippen LogP contribution in [0.4, 0.5) is 0 Å². The molecule has 0 aliphatic heterocycles. The first-order valence-electron chi connectivity index (χ1n) is 12.3. The van der Waals surface area contributed by atoms with E-state index in [0.717, 1.165) is 17.5 Å². The fraction of sp³-hybridized carbons (Fsp3) is 0.273. The molecule has 1 radical (unpaired) electrons. The average Bonchev–Trinajstić information content (AvgIpc) is 3.27. The summed E-state index contributed by atoms with van der Waals surface area (Å²) in [6.07, 6.45) is 3.60. The van der Waals surface area contributed by atoms with E-state index in [1.165, 1.54) is 35.1 Å². The molecule has 0 atom stereocenters. The molecule has 4 aromatic rings. The maximum atomic E-state index is 3.15. The summed E-state index contributed by atoms with van der Waals surface area (Å²) in [4.78, 5) is 0. The van der Waals surface area contributed by atoms with Crippen LogP contribution >= 0.6 is 0 Å². The van der Waals surface area contributed by atoms with Crippen molar-refractivity contribution in [1.82, 2.24) is 0 Å². The van der Waals surface area contributed by atoms with Crippen LogP contribution in [0.15, 0.2) is 97.1 Å². The van der Waals surface area contributed by atoms with Gasteiger partial charge in [-0.15, -0.1) is 12.1 Å². The third-order valence-corrected chi connectivity index (χ3v) is 4.41. The van der Waals surface area contributed by atoms with Crippen LogP contribution in [-0.4, -0.2) is 0 Å². The summed E-state index contributed by atoms with van der Waals surface area (Å²) in [6, 6.07) is 39.5. The molecule has 0 N–H and O–H groups in total. The van der Waals surface area contributed by atoms with Gasteiger partial charge in [-0.25, -0.2) is 11.1 Å². The average molecular weight is 526 g/mol. The molecule has 1 heteroatoms. The minimum Gasteiger partial charge on any atom is -0.226 e. The summed E-state index contributed by atoms with van der Waals surface area (Å²) in [5, 5.41) is 0. The van der Waals surface area contributed by atoms with Gasteiger partial charge in [0.15, 0.2) is 0 Å². The zero-order valence-electron chi connectivity index (χ0n) is 21.9. The first-order chi connectivity index (χ1) is 16.2. The molecule has 0 saturated carbocycles. The Labute approximate surface area is 234 Å². The van der Waals surface area contributed by atoms with Crippen LogP contribution in [0.3, 0.4) is 0 Å². The number of hydrogen-bond donors (Lipinski definition) is 0. The van der Waals surface area contributed by atoms with E-state index in [9.17, 15) is 0 Å². The molecule has 0 heterocycles. The maximum Gasteiger partial charge on any atom is 0 e. The van der Waals surface area contributed by atoms with Crippen LogP contribution in [0.25, 0.3) is 22.3 Å². The molecule has 4 aromatic carbocycles. The largest absolute Gasteiger partial charge is 0.226 e. The van der Waals surface area contributed by atoms with Gasteiger partial charge in [-0.3, -0.25) is 0 Å². The molecule has 1 aliphatic carbocycles. The van der Waals surface area contributed by atoms with Crippen molar-refractivity contribution in [3.8, 4) is 22.3 Å². The predicted octanol–water partition coefficient (Wildman–Crippen LogP) is 10.1. The van der Waals surface area contributed by atoms with Gasteiger partial charge in [-0.2, -0.15) is 48.5 Å². The molecule has 0 spiro atoms. The van der Waals surface area contributed by atoms with Crippen molar-refractivity contribution >= 4 is 0 Å². The molecular formula is C33H40Y-2. The third-order valence-electron chi connectivity index (χ3n) is 4.41. The molecular weight excluding hydrogens is 485 g/mol. The summed E-state index contributed by atoms with van der Waals surface area (Å²) in [7, 11) is 0. The van der Waals surface area contributed by atoms with Gasteiger partial charge in [-0.1, -0.05) is 103 Å². The molecule has 0 aromatic heterocycles. The van der Waals surface area contributed by atoms with Gasteiger partial charge in [0.25, 0.3) is 0 Å². The summed E-state index contributed by atoms with van der Waals surface area (Å²) in [5.41, 5.74) is 7.94. The molecule has 0 saturated heterocycles. The summed E-state index contributed by atoms with van der Waals surface area (Å²) in [5.74, 6) is 0. The van der Waals surface area contributed by atoms with Crippen LogP contribution in [-0.2, 0) is 39.1 Å². The normalized spacial score (nSPS) is 9.35. The molecule has 34 heavy (non-hydrogen) atoms. The van der Waals surface area contributed by atoms with Crippen LogP contribution in [0, 0.1) is 12.1 Å². The van der Waals surface area contributed by atoms with Crippen LogP contribution in [0.5, 0.6) is 0 Å². The minimum absolute atomic E-state index is 0. The Bertz CT molecular complexity index is 908. The first kappa shape index (κ1) is 32.0. The van der Waals surface area contributed by atoms with E-state index in [1.54, 1.807) is 0 Å². The molecule has 0 amide bonds. The Balaban J connectivity index is 0.000000484. The molecule has 0 bridgehead atoms. The van der Waals surface area contributed by atoms with Crippen molar-refractivity contribution in [1.29, 1.82) is 0 Å². The molecule has 0 nitrogen and oxygen atoms in total. The van der Waals surface area contributed by atoms with E-state index in [2.05, 4.69) is 88.4 Å². The molecule has 177 valence electrons. The second-order valence-corrected chi connectivity index (χ2v) is 7.46.